The molecule has 0 saturated carbocycles. The van der Waals surface area contributed by atoms with Crippen LogP contribution in [0.15, 0.2) is 73.1 Å². The zero-order chi connectivity index (χ0) is 35.0. The van der Waals surface area contributed by atoms with E-state index < -0.39 is 71.7 Å². The summed E-state index contributed by atoms with van der Waals surface area (Å²) in [5, 5.41) is 6.23. The second-order valence-electron chi connectivity index (χ2n) is 11.5. The van der Waals surface area contributed by atoms with Crippen LogP contribution in [0.4, 0.5) is 22.0 Å². The average Bonchev–Trinajstić information content (AvgIpc) is 3.00. The predicted molar refractivity (Wildman–Crippen MR) is 162 cm³/mol. The molecule has 3 rings (SSSR count). The lowest BCUT2D eigenvalue weighted by Gasteiger charge is -2.37. The number of alkyl halides is 5. The van der Waals surface area contributed by atoms with E-state index in [0.717, 1.165) is 5.32 Å². The van der Waals surface area contributed by atoms with Gasteiger partial charge in [0.2, 0.25) is 17.6 Å². The molecule has 2 aromatic rings. The Balaban J connectivity index is 1.87. The van der Waals surface area contributed by atoms with Gasteiger partial charge in [0.15, 0.2) is 0 Å². The molecule has 47 heavy (non-hydrogen) atoms. The molecule has 9 nitrogen and oxygen atoms in total. The second-order valence-corrected chi connectivity index (χ2v) is 12.0. The van der Waals surface area contributed by atoms with Crippen molar-refractivity contribution in [3.8, 4) is 5.75 Å². The molecule has 3 N–H and O–H groups in total. The van der Waals surface area contributed by atoms with Crippen molar-refractivity contribution in [1.82, 2.24) is 20.9 Å². The molecule has 0 radical (unpaired) electrons. The first-order chi connectivity index (χ1) is 21.9. The Bertz CT molecular complexity index is 1500. The Labute approximate surface area is 273 Å². The smallest absolute Gasteiger partial charge is 0.405 e. The third-order valence-electron chi connectivity index (χ3n) is 7.30. The van der Waals surface area contributed by atoms with Crippen molar-refractivity contribution >= 4 is 35.1 Å². The number of rotatable bonds is 14. The highest BCUT2D eigenvalue weighted by Crippen LogP contribution is 2.33. The first-order valence-corrected chi connectivity index (χ1v) is 14.8. The number of nitrogens with one attached hydrogen (secondary N) is 3. The van der Waals surface area contributed by atoms with E-state index in [1.807, 2.05) is 0 Å². The highest BCUT2D eigenvalue weighted by molar-refractivity contribution is 6.30. The largest absolute Gasteiger partial charge is 0.484 e. The Morgan fingerprint density at radius 1 is 1.04 bits per heavy atom. The molecule has 4 atom stereocenters. The molecule has 0 spiro atoms. The van der Waals surface area contributed by atoms with Crippen LogP contribution >= 0.6 is 11.6 Å². The predicted octanol–water partition coefficient (Wildman–Crippen LogP) is 5.28. The fraction of sp³-hybridized carbons (Fsp3) is 0.406. The number of aromatic nitrogens is 1. The van der Waals surface area contributed by atoms with Gasteiger partial charge in [0.1, 0.15) is 24.4 Å². The minimum atomic E-state index is -5.00. The molecular weight excluding hydrogens is 651 g/mol. The van der Waals surface area contributed by atoms with Gasteiger partial charge in [-0.3, -0.25) is 24.2 Å². The number of pyridine rings is 1. The summed E-state index contributed by atoms with van der Waals surface area (Å²) in [5.41, 5.74) is -0.581. The Kier molecular flexibility index (Phi) is 12.3. The molecule has 0 saturated heterocycles. The fourth-order valence-corrected chi connectivity index (χ4v) is 4.96. The fourth-order valence-electron chi connectivity index (χ4n) is 4.76. The first-order valence-electron chi connectivity index (χ1n) is 14.5. The molecule has 0 aliphatic heterocycles. The third-order valence-corrected chi connectivity index (χ3v) is 7.54. The van der Waals surface area contributed by atoms with Gasteiger partial charge in [-0.1, -0.05) is 68.8 Å². The number of Topliss-reactive ketones (excluding diaryl/α,β-unsaturated/α-hetero) is 1. The summed E-state index contributed by atoms with van der Waals surface area (Å²) >= 11 is 6.17. The monoisotopic (exact) mass is 684 g/mol. The molecule has 2 unspecified atom stereocenters. The van der Waals surface area contributed by atoms with Crippen LogP contribution in [0.3, 0.4) is 0 Å². The van der Waals surface area contributed by atoms with Crippen LogP contribution in [0.5, 0.6) is 5.75 Å². The number of hydrogen-bond acceptors (Lipinski definition) is 6. The molecule has 254 valence electrons. The van der Waals surface area contributed by atoms with Gasteiger partial charge in [0, 0.05) is 16.6 Å². The number of ether oxygens (including phenoxy) is 1. The molecule has 0 bridgehead atoms. The van der Waals surface area contributed by atoms with Crippen molar-refractivity contribution in [2.75, 3.05) is 6.54 Å². The van der Waals surface area contributed by atoms with Crippen molar-refractivity contribution in [3.63, 3.8) is 0 Å². The van der Waals surface area contributed by atoms with Crippen molar-refractivity contribution < 1.29 is 45.9 Å². The van der Waals surface area contributed by atoms with Crippen LogP contribution in [0.2, 0.25) is 5.02 Å². The van der Waals surface area contributed by atoms with Gasteiger partial charge in [0.25, 0.3) is 5.91 Å². The van der Waals surface area contributed by atoms with Crippen molar-refractivity contribution in [3.05, 3.63) is 83.7 Å². The summed E-state index contributed by atoms with van der Waals surface area (Å²) in [5.74, 6) is -11.9. The highest BCUT2D eigenvalue weighted by Gasteiger charge is 2.52. The number of carbonyl (C=O) groups excluding carboxylic acids is 4. The van der Waals surface area contributed by atoms with Gasteiger partial charge in [-0.05, 0) is 42.2 Å². The van der Waals surface area contributed by atoms with E-state index in [2.05, 4.69) is 15.6 Å². The zero-order valence-corrected chi connectivity index (χ0v) is 26.4. The summed E-state index contributed by atoms with van der Waals surface area (Å²) < 4.78 is 73.2. The van der Waals surface area contributed by atoms with Crippen molar-refractivity contribution in [2.24, 2.45) is 11.3 Å². The number of allylic oxidation sites excluding steroid dienone is 3. The molecule has 3 amide bonds. The van der Waals surface area contributed by atoms with E-state index in [9.17, 15) is 41.1 Å². The van der Waals surface area contributed by atoms with Crippen LogP contribution in [-0.2, 0) is 19.2 Å². The summed E-state index contributed by atoms with van der Waals surface area (Å²) in [7, 11) is 0. The Hall–Kier alpha value is -4.33. The minimum absolute atomic E-state index is 0.224. The summed E-state index contributed by atoms with van der Waals surface area (Å²) in [6.07, 6.45) is 3.63. The quantitative estimate of drug-likeness (QED) is 0.184. The van der Waals surface area contributed by atoms with Crippen molar-refractivity contribution in [2.45, 2.75) is 63.9 Å². The van der Waals surface area contributed by atoms with Gasteiger partial charge in [0.05, 0.1) is 18.7 Å². The molecule has 15 heteroatoms. The van der Waals surface area contributed by atoms with Gasteiger partial charge >= 0.3 is 12.1 Å². The highest BCUT2D eigenvalue weighted by atomic mass is 35.5. The number of nitrogens with zero attached hydrogens (tertiary/aromatic N) is 1. The van der Waals surface area contributed by atoms with Crippen LogP contribution in [0, 0.1) is 11.3 Å². The molecular formula is C32H34ClF5N4O5. The van der Waals surface area contributed by atoms with Crippen LogP contribution in [-0.4, -0.2) is 59.2 Å². The number of halogens is 6. The van der Waals surface area contributed by atoms with Crippen LogP contribution in [0.25, 0.3) is 0 Å². The normalized spacial score (nSPS) is 18.2. The first kappa shape index (κ1) is 37.1. The summed E-state index contributed by atoms with van der Waals surface area (Å²) in [6, 6.07) is 6.39. The Morgan fingerprint density at radius 2 is 1.77 bits per heavy atom. The van der Waals surface area contributed by atoms with E-state index in [0.29, 0.717) is 16.3 Å². The lowest BCUT2D eigenvalue weighted by molar-refractivity contribution is -0.165. The lowest BCUT2D eigenvalue weighted by atomic mass is 9.76. The summed E-state index contributed by atoms with van der Waals surface area (Å²) in [6.45, 7) is 2.15. The number of carbonyl (C=O) groups is 4. The zero-order valence-electron chi connectivity index (χ0n) is 25.6. The maximum absolute atomic E-state index is 14.8. The number of hydrogen-bond donors (Lipinski definition) is 3. The van der Waals surface area contributed by atoms with Crippen LogP contribution in [0.1, 0.15) is 45.3 Å². The maximum atomic E-state index is 14.8. The van der Waals surface area contributed by atoms with E-state index in [1.165, 1.54) is 26.2 Å². The van der Waals surface area contributed by atoms with Gasteiger partial charge < -0.3 is 20.7 Å². The van der Waals surface area contributed by atoms with E-state index in [4.69, 9.17) is 16.3 Å². The summed E-state index contributed by atoms with van der Waals surface area (Å²) in [4.78, 5) is 56.1. The number of ketones is 1. The molecule has 1 aliphatic carbocycles. The van der Waals surface area contributed by atoms with E-state index in [1.54, 1.807) is 67.6 Å². The standard InChI is InChI=1S/C32H34ClF5N4O5/c1-19(2)25(27(44)32(37,38)29(46)40-18-31(34,35)36)42-28(45)26(30(3)12-5-4-6-13-30)41-24(43)16-23(20-9-7-10-21(33)15-20)47-22-11-8-14-39-17-22/h4-12,14-15,17,19,23,25-26H,13,16,18H2,1-3H3,(H,40,46)(H,41,43)(H,42,45)/t23?,25-,26+,30?/m0/s1. The molecule has 1 aromatic heterocycles. The molecule has 0 fully saturated rings. The number of benzene rings is 1. The minimum Gasteiger partial charge on any atom is -0.484 e. The van der Waals surface area contributed by atoms with E-state index >= 15 is 0 Å². The Morgan fingerprint density at radius 3 is 2.34 bits per heavy atom. The van der Waals surface area contributed by atoms with Gasteiger partial charge in [-0.2, -0.15) is 22.0 Å². The van der Waals surface area contributed by atoms with Crippen molar-refractivity contribution in [1.29, 1.82) is 0 Å². The average molecular weight is 685 g/mol. The number of amides is 3. The van der Waals surface area contributed by atoms with Gasteiger partial charge in [-0.15, -0.1) is 0 Å². The van der Waals surface area contributed by atoms with Gasteiger partial charge in [-0.25, -0.2) is 0 Å². The lowest BCUT2D eigenvalue weighted by Crippen LogP contribution is -2.61. The second kappa shape index (κ2) is 15.5. The molecule has 1 aliphatic rings. The topological polar surface area (TPSA) is 126 Å². The SMILES string of the molecule is CC(C)[C@H](NC(=O)[C@@H](NC(=O)CC(Oc1cccnc1)c1cccc(Cl)c1)C1(C)C=CC=CC1)C(=O)C(F)(F)C(=O)NCC(F)(F)F. The maximum Gasteiger partial charge on any atom is 0.405 e. The van der Waals surface area contributed by atoms with Crippen LogP contribution < -0.4 is 20.7 Å². The van der Waals surface area contributed by atoms with E-state index in [-0.39, 0.29) is 12.8 Å². The third kappa shape index (κ3) is 10.3. The molecule has 1 heterocycles. The molecule has 1 aromatic carbocycles.